The van der Waals surface area contributed by atoms with Gasteiger partial charge >= 0.3 is 5.97 Å². The summed E-state index contributed by atoms with van der Waals surface area (Å²) in [7, 11) is 2.12. The Morgan fingerprint density at radius 1 is 1.13 bits per heavy atom. The first-order chi connectivity index (χ1) is 18.1. The summed E-state index contributed by atoms with van der Waals surface area (Å²) in [6, 6.07) is 0. The molecular weight excluding hydrogens is 500 g/mol. The van der Waals surface area contributed by atoms with Crippen LogP contribution in [-0.4, -0.2) is 112 Å². The van der Waals surface area contributed by atoms with Crippen molar-refractivity contribution in [2.24, 2.45) is 16.7 Å². The third-order valence-corrected chi connectivity index (χ3v) is 10.7. The summed E-state index contributed by atoms with van der Waals surface area (Å²) in [6.45, 7) is 17.7. The lowest BCUT2D eigenvalue weighted by Gasteiger charge is -2.71. The number of ether oxygens (including phenoxy) is 2. The van der Waals surface area contributed by atoms with Crippen LogP contribution in [0.4, 0.5) is 0 Å². The predicted octanol–water partition coefficient (Wildman–Crippen LogP) is 1.92. The first-order valence-corrected chi connectivity index (χ1v) is 14.6. The van der Waals surface area contributed by atoms with Crippen LogP contribution in [0, 0.1) is 16.7 Å². The predicted molar refractivity (Wildman–Crippen MR) is 147 cm³/mol. The Hall–Kier alpha value is -1.36. The number of likely N-dealkylation sites (N-methyl/N-ethyl adjacent to an activating group) is 1. The second kappa shape index (κ2) is 10.5. The van der Waals surface area contributed by atoms with Gasteiger partial charge in [0, 0.05) is 50.4 Å². The van der Waals surface area contributed by atoms with Crippen LogP contribution in [0.2, 0.25) is 0 Å². The molecule has 4 fully saturated rings. The van der Waals surface area contributed by atoms with Crippen molar-refractivity contribution in [3.05, 3.63) is 12.7 Å². The Bertz CT molecular complexity index is 965. The molecule has 0 aromatic rings. The average Bonchev–Trinajstić information content (AvgIpc) is 2.86. The number of carbonyl (C=O) groups is 2. The lowest BCUT2D eigenvalue weighted by Crippen LogP contribution is -2.86. The number of esters is 1. The van der Waals surface area contributed by atoms with Crippen LogP contribution >= 0.6 is 0 Å². The van der Waals surface area contributed by atoms with E-state index in [9.17, 15) is 24.9 Å². The smallest absolute Gasteiger partial charge is 0.306 e. The number of carbonyl (C=O) groups excluding carboxylic acids is 2. The van der Waals surface area contributed by atoms with E-state index in [0.29, 0.717) is 19.3 Å². The summed E-state index contributed by atoms with van der Waals surface area (Å²) in [5.74, 6) is -1.72. The molecule has 0 aromatic heterocycles. The van der Waals surface area contributed by atoms with E-state index < -0.39 is 63.6 Å². The number of piperazine rings is 1. The van der Waals surface area contributed by atoms with E-state index in [1.165, 1.54) is 13.0 Å². The second-order valence-electron chi connectivity index (χ2n) is 13.8. The summed E-state index contributed by atoms with van der Waals surface area (Å²) in [5.41, 5.74) is -7.11. The fourth-order valence-corrected chi connectivity index (χ4v) is 8.36. The zero-order valence-corrected chi connectivity index (χ0v) is 24.7. The summed E-state index contributed by atoms with van der Waals surface area (Å²) < 4.78 is 12.5. The van der Waals surface area contributed by atoms with Crippen molar-refractivity contribution in [2.45, 2.75) is 108 Å². The van der Waals surface area contributed by atoms with Crippen molar-refractivity contribution in [1.82, 2.24) is 9.80 Å². The van der Waals surface area contributed by atoms with Crippen molar-refractivity contribution in [2.75, 3.05) is 39.8 Å². The van der Waals surface area contributed by atoms with Gasteiger partial charge in [0.2, 0.25) is 0 Å². The largest absolute Gasteiger partial charge is 0.456 e. The monoisotopic (exact) mass is 550 g/mol. The highest BCUT2D eigenvalue weighted by molar-refractivity contribution is 5.92. The summed E-state index contributed by atoms with van der Waals surface area (Å²) in [4.78, 5) is 31.9. The summed E-state index contributed by atoms with van der Waals surface area (Å²) in [5, 5.41) is 35.8. The maximum Gasteiger partial charge on any atom is 0.306 e. The summed E-state index contributed by atoms with van der Waals surface area (Å²) in [6.07, 6.45) is 0.336. The topological polar surface area (TPSA) is 120 Å². The number of rotatable bonds is 7. The number of unbranched alkanes of at least 4 members (excludes halogenated alkanes) is 1. The van der Waals surface area contributed by atoms with Gasteiger partial charge in [0.1, 0.15) is 5.60 Å². The van der Waals surface area contributed by atoms with Crippen molar-refractivity contribution < 1.29 is 34.4 Å². The lowest BCUT2D eigenvalue weighted by molar-refractivity contribution is -0.370. The third kappa shape index (κ3) is 4.81. The summed E-state index contributed by atoms with van der Waals surface area (Å²) >= 11 is 0. The minimum atomic E-state index is -2.20. The molecule has 0 unspecified atom stereocenters. The molecule has 39 heavy (non-hydrogen) atoms. The maximum atomic E-state index is 13.9. The highest BCUT2D eigenvalue weighted by Crippen LogP contribution is 2.67. The molecule has 9 nitrogen and oxygen atoms in total. The van der Waals surface area contributed by atoms with Crippen molar-refractivity contribution in [1.29, 1.82) is 0 Å². The molecule has 8 atom stereocenters. The van der Waals surface area contributed by atoms with Gasteiger partial charge in [0.05, 0.1) is 17.8 Å². The van der Waals surface area contributed by atoms with Gasteiger partial charge in [-0.15, -0.1) is 6.58 Å². The van der Waals surface area contributed by atoms with Crippen LogP contribution in [0.25, 0.3) is 0 Å². The molecule has 2 saturated carbocycles. The lowest BCUT2D eigenvalue weighted by atomic mass is 9.40. The van der Waals surface area contributed by atoms with E-state index in [1.807, 2.05) is 13.8 Å². The zero-order valence-electron chi connectivity index (χ0n) is 24.7. The second-order valence-corrected chi connectivity index (χ2v) is 13.8. The molecule has 0 radical (unpaired) electrons. The molecule has 9 heteroatoms. The number of hydrogen-bond acceptors (Lipinski definition) is 9. The van der Waals surface area contributed by atoms with E-state index in [4.69, 9.17) is 9.47 Å². The van der Waals surface area contributed by atoms with Gasteiger partial charge in [-0.25, -0.2) is 0 Å². The molecule has 2 heterocycles. The van der Waals surface area contributed by atoms with E-state index in [-0.39, 0.29) is 12.8 Å². The molecule has 222 valence electrons. The first kappa shape index (κ1) is 30.6. The quantitative estimate of drug-likeness (QED) is 0.248. The molecule has 4 aliphatic rings. The number of aliphatic hydroxyl groups is 3. The third-order valence-electron chi connectivity index (χ3n) is 10.7. The number of Topliss-reactive ketones (excluding diaryl/α,β-unsaturated/α-hetero) is 1. The van der Waals surface area contributed by atoms with Gasteiger partial charge in [-0.2, -0.15) is 0 Å². The number of aliphatic hydroxyl groups excluding tert-OH is 2. The Balaban J connectivity index is 1.60. The van der Waals surface area contributed by atoms with Gasteiger partial charge in [0.15, 0.2) is 17.5 Å². The average molecular weight is 551 g/mol. The van der Waals surface area contributed by atoms with Crippen LogP contribution in [0.15, 0.2) is 12.7 Å². The van der Waals surface area contributed by atoms with Gasteiger partial charge in [-0.05, 0) is 58.5 Å². The molecule has 4 rings (SSSR count). The van der Waals surface area contributed by atoms with E-state index in [2.05, 4.69) is 23.4 Å². The molecule has 2 saturated heterocycles. The van der Waals surface area contributed by atoms with Gasteiger partial charge in [0.25, 0.3) is 0 Å². The van der Waals surface area contributed by atoms with E-state index in [0.717, 1.165) is 39.1 Å². The van der Waals surface area contributed by atoms with Crippen LogP contribution in [-0.2, 0) is 19.1 Å². The molecule has 0 amide bonds. The van der Waals surface area contributed by atoms with Gasteiger partial charge in [-0.3, -0.25) is 9.59 Å². The first-order valence-electron chi connectivity index (χ1n) is 14.6. The fourth-order valence-electron chi connectivity index (χ4n) is 8.36. The van der Waals surface area contributed by atoms with Gasteiger partial charge in [-0.1, -0.05) is 26.8 Å². The number of ketones is 1. The van der Waals surface area contributed by atoms with E-state index in [1.54, 1.807) is 13.8 Å². The molecule has 0 bridgehead atoms. The number of hydrogen-bond donors (Lipinski definition) is 3. The van der Waals surface area contributed by atoms with Crippen LogP contribution in [0.3, 0.4) is 0 Å². The zero-order chi connectivity index (χ0) is 29.0. The van der Waals surface area contributed by atoms with E-state index >= 15 is 0 Å². The SMILES string of the molecule is C=C[C@@]1(C)CC(=O)[C@]2(O)[C@@]3(C)[C@@H](O)CCC(C)(C)[C@@H]3[C@H](O)[C@H](OC(=O)CCCCN3CCN(C)CC3)[C@@]2(C)O1. The minimum Gasteiger partial charge on any atom is -0.456 e. The highest BCUT2D eigenvalue weighted by atomic mass is 16.6. The molecule has 0 spiro atoms. The minimum absolute atomic E-state index is 0.138. The highest BCUT2D eigenvalue weighted by Gasteiger charge is 2.81. The molecule has 2 aliphatic carbocycles. The fraction of sp³-hybridized carbons (Fsp3) is 0.867. The number of nitrogens with zero attached hydrogens (tertiary/aromatic N) is 2. The Labute approximate surface area is 233 Å². The molecule has 3 N–H and O–H groups in total. The Kier molecular flexibility index (Phi) is 8.22. The van der Waals surface area contributed by atoms with Crippen molar-refractivity contribution >= 4 is 11.8 Å². The van der Waals surface area contributed by atoms with Crippen LogP contribution < -0.4 is 0 Å². The number of fused-ring (bicyclic) bond motifs is 3. The van der Waals surface area contributed by atoms with Crippen LogP contribution in [0.5, 0.6) is 0 Å². The molecule has 2 aliphatic heterocycles. The Morgan fingerprint density at radius 2 is 1.77 bits per heavy atom. The maximum absolute atomic E-state index is 13.9. The molecule has 0 aromatic carbocycles. The molecular formula is C30H50N2O7. The van der Waals surface area contributed by atoms with Crippen molar-refractivity contribution in [3.8, 4) is 0 Å². The standard InChI is InChI=1S/C30H50N2O7/c1-8-27(4)19-21(34)30(37)28(5)20(33)12-13-26(2,3)24(28)23(36)25(29(30,6)39-27)38-22(35)11-9-10-14-32-17-15-31(7)16-18-32/h8,20,23-25,33,36-37H,1,9-19H2,2-7H3/t20-,23-,24-,25-,27-,28-,29+,30-/m0/s1. The Morgan fingerprint density at radius 3 is 2.38 bits per heavy atom. The normalized spacial score (nSPS) is 44.8. The van der Waals surface area contributed by atoms with Crippen LogP contribution in [0.1, 0.15) is 73.1 Å². The van der Waals surface area contributed by atoms with Crippen molar-refractivity contribution in [3.63, 3.8) is 0 Å². The van der Waals surface area contributed by atoms with Gasteiger partial charge < -0.3 is 34.6 Å².